The molecule has 3 nitrogen and oxygen atoms in total. The molecule has 2 aliphatic carbocycles. The molecule has 4 heteroatoms. The van der Waals surface area contributed by atoms with E-state index < -0.39 is 0 Å². The highest BCUT2D eigenvalue weighted by atomic mass is 32.2. The lowest BCUT2D eigenvalue weighted by molar-refractivity contribution is -0.123. The topological polar surface area (TPSA) is 37.4 Å². The van der Waals surface area contributed by atoms with Crippen molar-refractivity contribution in [2.24, 2.45) is 23.7 Å². The summed E-state index contributed by atoms with van der Waals surface area (Å²) in [6, 6.07) is 7.66. The van der Waals surface area contributed by atoms with Gasteiger partial charge in [0.15, 0.2) is 0 Å². The Kier molecular flexibility index (Phi) is 2.58. The van der Waals surface area contributed by atoms with Crippen LogP contribution in [0.1, 0.15) is 6.42 Å². The van der Waals surface area contributed by atoms with Gasteiger partial charge in [0.25, 0.3) is 0 Å². The third-order valence-corrected chi connectivity index (χ3v) is 5.58. The van der Waals surface area contributed by atoms with E-state index in [-0.39, 0.29) is 35.5 Å². The molecule has 1 heterocycles. The summed E-state index contributed by atoms with van der Waals surface area (Å²) in [5.41, 5.74) is 0.754. The van der Waals surface area contributed by atoms with Crippen LogP contribution in [0, 0.1) is 23.7 Å². The van der Waals surface area contributed by atoms with Gasteiger partial charge in [-0.15, -0.1) is 11.8 Å². The minimum Gasteiger partial charge on any atom is -0.274 e. The van der Waals surface area contributed by atoms with Crippen LogP contribution in [0.25, 0.3) is 0 Å². The number of benzene rings is 1. The van der Waals surface area contributed by atoms with Gasteiger partial charge in [-0.05, 0) is 36.6 Å². The van der Waals surface area contributed by atoms with Crippen LogP contribution in [0.3, 0.4) is 0 Å². The molecule has 0 aromatic heterocycles. The smallest absolute Gasteiger partial charge is 0.238 e. The highest BCUT2D eigenvalue weighted by molar-refractivity contribution is 7.98. The third kappa shape index (κ3) is 1.43. The summed E-state index contributed by atoms with van der Waals surface area (Å²) in [6.45, 7) is 0. The number of para-hydroxylation sites is 1. The van der Waals surface area contributed by atoms with Crippen molar-refractivity contribution in [2.45, 2.75) is 11.3 Å². The number of imide groups is 1. The summed E-state index contributed by atoms with van der Waals surface area (Å²) in [5.74, 6) is 0.303. The lowest BCUT2D eigenvalue weighted by atomic mass is 9.85. The van der Waals surface area contributed by atoms with Gasteiger partial charge in [-0.2, -0.15) is 0 Å². The van der Waals surface area contributed by atoms with Crippen LogP contribution in [0.15, 0.2) is 41.3 Å². The Morgan fingerprint density at radius 2 is 1.65 bits per heavy atom. The van der Waals surface area contributed by atoms with Gasteiger partial charge in [0.2, 0.25) is 11.8 Å². The Morgan fingerprint density at radius 3 is 2.25 bits per heavy atom. The minimum absolute atomic E-state index is 0.00153. The van der Waals surface area contributed by atoms with Gasteiger partial charge in [0.05, 0.1) is 17.5 Å². The number of carbonyl (C=O) groups is 2. The zero-order valence-corrected chi connectivity index (χ0v) is 12.0. The zero-order chi connectivity index (χ0) is 13.9. The van der Waals surface area contributed by atoms with E-state index in [2.05, 4.69) is 12.2 Å². The van der Waals surface area contributed by atoms with Crippen molar-refractivity contribution in [3.8, 4) is 0 Å². The van der Waals surface area contributed by atoms with Crippen LogP contribution in [0.2, 0.25) is 0 Å². The largest absolute Gasteiger partial charge is 0.274 e. The van der Waals surface area contributed by atoms with Gasteiger partial charge in [0, 0.05) is 4.90 Å². The molecule has 1 saturated heterocycles. The average Bonchev–Trinajstić information content (AvgIpc) is 3.13. The standard InChI is InChI=1S/C16H15NO2S/c1-20-12-5-3-2-4-11(12)17-15(18)13-9-6-7-10(8-9)14(13)16(17)19/h2-7,9-10,13-14H,8H2,1H3/t9-,10-,13+,14+/m0/s1. The maximum absolute atomic E-state index is 12.7. The number of carbonyl (C=O) groups excluding carboxylic acids is 2. The van der Waals surface area contributed by atoms with Crippen molar-refractivity contribution >= 4 is 29.3 Å². The summed E-state index contributed by atoms with van der Waals surface area (Å²) >= 11 is 1.57. The van der Waals surface area contributed by atoms with Gasteiger partial charge in [-0.1, -0.05) is 24.3 Å². The lowest BCUT2D eigenvalue weighted by Crippen LogP contribution is -2.33. The zero-order valence-electron chi connectivity index (χ0n) is 11.2. The van der Waals surface area contributed by atoms with Crippen molar-refractivity contribution in [2.75, 3.05) is 11.2 Å². The van der Waals surface area contributed by atoms with Crippen molar-refractivity contribution in [3.05, 3.63) is 36.4 Å². The first-order valence-corrected chi connectivity index (χ1v) is 8.14. The van der Waals surface area contributed by atoms with E-state index in [1.807, 2.05) is 30.5 Å². The summed E-state index contributed by atoms with van der Waals surface area (Å²) in [5, 5.41) is 0. The molecule has 2 amide bonds. The second kappa shape index (κ2) is 4.22. The predicted molar refractivity (Wildman–Crippen MR) is 78.4 cm³/mol. The van der Waals surface area contributed by atoms with Crippen molar-refractivity contribution in [3.63, 3.8) is 0 Å². The van der Waals surface area contributed by atoms with Crippen LogP contribution in [0.4, 0.5) is 5.69 Å². The molecule has 4 atom stereocenters. The fourth-order valence-electron chi connectivity index (χ4n) is 3.95. The van der Waals surface area contributed by atoms with E-state index in [0.29, 0.717) is 0 Å². The maximum atomic E-state index is 12.7. The number of hydrogen-bond acceptors (Lipinski definition) is 3. The quantitative estimate of drug-likeness (QED) is 0.476. The molecule has 102 valence electrons. The molecule has 3 aliphatic rings. The van der Waals surface area contributed by atoms with Gasteiger partial charge >= 0.3 is 0 Å². The molecule has 0 unspecified atom stereocenters. The number of thioether (sulfide) groups is 1. The molecule has 1 aliphatic heterocycles. The number of nitrogens with zero attached hydrogens (tertiary/aromatic N) is 1. The Morgan fingerprint density at radius 1 is 1.05 bits per heavy atom. The monoisotopic (exact) mass is 285 g/mol. The fraction of sp³-hybridized carbons (Fsp3) is 0.375. The van der Waals surface area contributed by atoms with E-state index >= 15 is 0 Å². The van der Waals surface area contributed by atoms with Gasteiger partial charge in [-0.25, -0.2) is 4.90 Å². The number of allylic oxidation sites excluding steroid dienone is 2. The van der Waals surface area contributed by atoms with Gasteiger partial charge < -0.3 is 0 Å². The number of amides is 2. The number of fused-ring (bicyclic) bond motifs is 5. The van der Waals surface area contributed by atoms with Crippen LogP contribution in [0.5, 0.6) is 0 Å². The second-order valence-electron chi connectivity index (χ2n) is 5.68. The first-order chi connectivity index (χ1) is 9.72. The molecule has 2 bridgehead atoms. The molecule has 1 saturated carbocycles. The summed E-state index contributed by atoms with van der Waals surface area (Å²) in [4.78, 5) is 27.9. The van der Waals surface area contributed by atoms with Crippen molar-refractivity contribution in [1.29, 1.82) is 0 Å². The Hall–Kier alpha value is -1.55. The second-order valence-corrected chi connectivity index (χ2v) is 6.53. The summed E-state index contributed by atoms with van der Waals surface area (Å²) < 4.78 is 0. The molecule has 20 heavy (non-hydrogen) atoms. The molecule has 4 rings (SSSR count). The first-order valence-electron chi connectivity index (χ1n) is 6.91. The maximum Gasteiger partial charge on any atom is 0.238 e. The van der Waals surface area contributed by atoms with Crippen molar-refractivity contribution < 1.29 is 9.59 Å². The Bertz CT molecular complexity index is 609. The number of rotatable bonds is 2. The summed E-state index contributed by atoms with van der Waals surface area (Å²) in [7, 11) is 0. The number of anilines is 1. The summed E-state index contributed by atoms with van der Waals surface area (Å²) in [6.07, 6.45) is 7.20. The lowest BCUT2D eigenvalue weighted by Gasteiger charge is -2.19. The van der Waals surface area contributed by atoms with Crippen molar-refractivity contribution in [1.82, 2.24) is 0 Å². The van der Waals surface area contributed by atoms with Gasteiger partial charge in [0.1, 0.15) is 0 Å². The van der Waals surface area contributed by atoms with Crippen LogP contribution >= 0.6 is 11.8 Å². The molecular formula is C16H15NO2S. The van der Waals surface area contributed by atoms with E-state index in [0.717, 1.165) is 17.0 Å². The predicted octanol–water partition coefficient (Wildman–Crippen LogP) is 2.72. The molecular weight excluding hydrogens is 270 g/mol. The van der Waals surface area contributed by atoms with E-state index in [4.69, 9.17) is 0 Å². The van der Waals surface area contributed by atoms with Crippen LogP contribution < -0.4 is 4.90 Å². The van der Waals surface area contributed by atoms with E-state index in [1.165, 1.54) is 4.90 Å². The average molecular weight is 285 g/mol. The minimum atomic E-state index is -0.118. The highest BCUT2D eigenvalue weighted by Crippen LogP contribution is 2.53. The van der Waals surface area contributed by atoms with Gasteiger partial charge in [-0.3, -0.25) is 9.59 Å². The third-order valence-electron chi connectivity index (χ3n) is 4.80. The van der Waals surface area contributed by atoms with E-state index in [1.54, 1.807) is 11.8 Å². The normalized spacial score (nSPS) is 34.1. The van der Waals surface area contributed by atoms with Crippen LogP contribution in [-0.2, 0) is 9.59 Å². The molecule has 1 aromatic carbocycles. The SMILES string of the molecule is CSc1ccccc1N1C(=O)[C@H]2[C@H](C1=O)[C@H]1C=C[C@H]2C1. The molecule has 2 fully saturated rings. The Balaban J connectivity index is 1.78. The Labute approximate surface area is 122 Å². The van der Waals surface area contributed by atoms with E-state index in [9.17, 15) is 9.59 Å². The molecule has 1 aromatic rings. The number of hydrogen-bond donors (Lipinski definition) is 0. The highest BCUT2D eigenvalue weighted by Gasteiger charge is 2.59. The molecule has 0 N–H and O–H groups in total. The molecule has 0 spiro atoms. The van der Waals surface area contributed by atoms with Crippen LogP contribution in [-0.4, -0.2) is 18.1 Å². The molecule has 0 radical (unpaired) electrons. The first kappa shape index (κ1) is 12.2. The fourth-order valence-corrected chi connectivity index (χ4v) is 4.54.